The Morgan fingerprint density at radius 1 is 1.23 bits per heavy atom. The van der Waals surface area contributed by atoms with E-state index in [1.165, 1.54) is 0 Å². The van der Waals surface area contributed by atoms with E-state index in [-0.39, 0.29) is 12.2 Å². The van der Waals surface area contributed by atoms with E-state index in [0.29, 0.717) is 24.7 Å². The predicted octanol–water partition coefficient (Wildman–Crippen LogP) is 2.92. The fourth-order valence-electron chi connectivity index (χ4n) is 2.84. The Labute approximate surface area is 135 Å². The van der Waals surface area contributed by atoms with Crippen molar-refractivity contribution in [1.29, 1.82) is 0 Å². The molecule has 1 saturated heterocycles. The van der Waals surface area contributed by atoms with E-state index in [2.05, 4.69) is 28.9 Å². The second kappa shape index (κ2) is 6.77. The predicted molar refractivity (Wildman–Crippen MR) is 83.8 cm³/mol. The summed E-state index contributed by atoms with van der Waals surface area (Å²) in [5, 5.41) is 4.78. The average molecular weight is 322 g/mol. The molecule has 1 aromatic carbocycles. The fraction of sp³-hybridized carbons (Fsp3) is 0.500. The first-order valence-corrected chi connectivity index (χ1v) is 7.90. The molecule has 1 fully saturated rings. The van der Waals surface area contributed by atoms with Crippen LogP contribution in [0.25, 0.3) is 0 Å². The molecule has 0 saturated carbocycles. The second-order valence-electron chi connectivity index (χ2n) is 5.82. The van der Waals surface area contributed by atoms with Crippen LogP contribution in [0.4, 0.5) is 0 Å². The monoisotopic (exact) mass is 321 g/mol. The van der Waals surface area contributed by atoms with Gasteiger partial charge in [0.05, 0.1) is 18.8 Å². The van der Waals surface area contributed by atoms with Gasteiger partial charge in [0.25, 0.3) is 0 Å². The number of ether oxygens (including phenoxy) is 1. The molecule has 2 atom stereocenters. The van der Waals surface area contributed by atoms with Crippen LogP contribution in [0.3, 0.4) is 0 Å². The van der Waals surface area contributed by atoms with Gasteiger partial charge < -0.3 is 9.26 Å². The van der Waals surface area contributed by atoms with Crippen LogP contribution in [0.2, 0.25) is 5.02 Å². The fourth-order valence-corrected chi connectivity index (χ4v) is 3.05. The Bertz CT molecular complexity index is 621. The Balaban J connectivity index is 1.63. The number of hydrogen-bond acceptors (Lipinski definition) is 5. The number of hydrogen-bond donors (Lipinski definition) is 0. The van der Waals surface area contributed by atoms with Gasteiger partial charge in [-0.2, -0.15) is 4.98 Å². The van der Waals surface area contributed by atoms with Crippen LogP contribution in [0, 0.1) is 0 Å². The summed E-state index contributed by atoms with van der Waals surface area (Å²) in [6.07, 6.45) is 1.04. The lowest BCUT2D eigenvalue weighted by Crippen LogP contribution is -2.44. The first-order chi connectivity index (χ1) is 10.6. The zero-order valence-electron chi connectivity index (χ0n) is 12.8. The highest BCUT2D eigenvalue weighted by atomic mass is 35.5. The summed E-state index contributed by atoms with van der Waals surface area (Å²) >= 11 is 6.16. The smallest absolute Gasteiger partial charge is 0.240 e. The van der Waals surface area contributed by atoms with Crippen molar-refractivity contribution in [2.24, 2.45) is 0 Å². The molecular weight excluding hydrogens is 302 g/mol. The van der Waals surface area contributed by atoms with E-state index < -0.39 is 0 Å². The van der Waals surface area contributed by atoms with Gasteiger partial charge in [-0.1, -0.05) is 35.0 Å². The molecule has 2 aromatic rings. The zero-order chi connectivity index (χ0) is 15.5. The maximum atomic E-state index is 6.16. The van der Waals surface area contributed by atoms with Gasteiger partial charge in [0.2, 0.25) is 5.89 Å². The Hall–Kier alpha value is -1.43. The van der Waals surface area contributed by atoms with Crippen molar-refractivity contribution in [2.75, 3.05) is 13.1 Å². The Kier molecular flexibility index (Phi) is 4.76. The molecule has 22 heavy (non-hydrogen) atoms. The summed E-state index contributed by atoms with van der Waals surface area (Å²) in [6.45, 7) is 6.59. The number of halogens is 1. The first-order valence-electron chi connectivity index (χ1n) is 7.53. The normalized spacial score (nSPS) is 22.9. The molecular formula is C16H20ClN3O2. The molecule has 1 aliphatic rings. The molecule has 0 N–H and O–H groups in total. The van der Waals surface area contributed by atoms with Crippen LogP contribution in [0.5, 0.6) is 0 Å². The summed E-state index contributed by atoms with van der Waals surface area (Å²) < 4.78 is 11.1. The van der Waals surface area contributed by atoms with Crippen molar-refractivity contribution in [1.82, 2.24) is 15.0 Å². The van der Waals surface area contributed by atoms with Crippen LogP contribution in [-0.2, 0) is 17.7 Å². The van der Waals surface area contributed by atoms with E-state index in [1.807, 2.05) is 24.3 Å². The quantitative estimate of drug-likeness (QED) is 0.866. The third kappa shape index (κ3) is 3.85. The third-order valence-electron chi connectivity index (χ3n) is 3.67. The molecule has 0 spiro atoms. The lowest BCUT2D eigenvalue weighted by molar-refractivity contribution is -0.0725. The van der Waals surface area contributed by atoms with Gasteiger partial charge in [0, 0.05) is 24.5 Å². The molecule has 0 amide bonds. The van der Waals surface area contributed by atoms with Crippen molar-refractivity contribution < 1.29 is 9.26 Å². The minimum absolute atomic E-state index is 0.231. The topological polar surface area (TPSA) is 51.4 Å². The van der Waals surface area contributed by atoms with Gasteiger partial charge >= 0.3 is 0 Å². The third-order valence-corrected chi connectivity index (χ3v) is 4.04. The molecule has 0 unspecified atom stereocenters. The van der Waals surface area contributed by atoms with E-state index in [9.17, 15) is 0 Å². The van der Waals surface area contributed by atoms with Gasteiger partial charge in [0.1, 0.15) is 0 Å². The maximum absolute atomic E-state index is 6.16. The Morgan fingerprint density at radius 3 is 2.68 bits per heavy atom. The molecule has 0 bridgehead atoms. The highest BCUT2D eigenvalue weighted by molar-refractivity contribution is 6.31. The van der Waals surface area contributed by atoms with E-state index in [1.54, 1.807) is 0 Å². The molecule has 5 nitrogen and oxygen atoms in total. The van der Waals surface area contributed by atoms with Crippen molar-refractivity contribution in [3.63, 3.8) is 0 Å². The molecule has 3 rings (SSSR count). The van der Waals surface area contributed by atoms with Crippen LogP contribution in [-0.4, -0.2) is 40.3 Å². The Morgan fingerprint density at radius 2 is 1.95 bits per heavy atom. The van der Waals surface area contributed by atoms with E-state index in [0.717, 1.165) is 23.7 Å². The van der Waals surface area contributed by atoms with Gasteiger partial charge in [-0.15, -0.1) is 0 Å². The average Bonchev–Trinajstić information content (AvgIpc) is 2.87. The maximum Gasteiger partial charge on any atom is 0.240 e. The van der Waals surface area contributed by atoms with Crippen LogP contribution in [0.15, 0.2) is 28.8 Å². The lowest BCUT2D eigenvalue weighted by Gasteiger charge is -2.34. The highest BCUT2D eigenvalue weighted by Gasteiger charge is 2.23. The largest absolute Gasteiger partial charge is 0.373 e. The summed E-state index contributed by atoms with van der Waals surface area (Å²) in [7, 11) is 0. The number of rotatable bonds is 4. The van der Waals surface area contributed by atoms with Crippen molar-refractivity contribution in [2.45, 2.75) is 39.0 Å². The summed E-state index contributed by atoms with van der Waals surface area (Å²) in [5.41, 5.74) is 1.00. The van der Waals surface area contributed by atoms with Crippen LogP contribution < -0.4 is 0 Å². The number of aromatic nitrogens is 2. The zero-order valence-corrected chi connectivity index (χ0v) is 13.6. The van der Waals surface area contributed by atoms with Gasteiger partial charge in [-0.3, -0.25) is 4.90 Å². The summed E-state index contributed by atoms with van der Waals surface area (Å²) in [5.74, 6) is 1.31. The summed E-state index contributed by atoms with van der Waals surface area (Å²) in [4.78, 5) is 6.76. The molecule has 0 radical (unpaired) electrons. The minimum Gasteiger partial charge on any atom is -0.373 e. The van der Waals surface area contributed by atoms with E-state index in [4.69, 9.17) is 20.9 Å². The molecule has 1 aliphatic heterocycles. The standard InChI is InChI=1S/C16H20ClN3O2/c1-11-8-20(9-12(2)21-11)10-16-18-15(19-22-16)7-13-5-3-4-6-14(13)17/h3-6,11-12H,7-10H2,1-2H3/t11-,12+. The minimum atomic E-state index is 0.231. The number of benzene rings is 1. The summed E-state index contributed by atoms with van der Waals surface area (Å²) in [6, 6.07) is 7.71. The van der Waals surface area contributed by atoms with Crippen LogP contribution >= 0.6 is 11.6 Å². The van der Waals surface area contributed by atoms with Crippen molar-refractivity contribution in [3.8, 4) is 0 Å². The number of nitrogens with zero attached hydrogens (tertiary/aromatic N) is 3. The molecule has 2 heterocycles. The van der Waals surface area contributed by atoms with E-state index >= 15 is 0 Å². The highest BCUT2D eigenvalue weighted by Crippen LogP contribution is 2.18. The van der Waals surface area contributed by atoms with Gasteiger partial charge in [0.15, 0.2) is 5.82 Å². The first kappa shape index (κ1) is 15.5. The van der Waals surface area contributed by atoms with Gasteiger partial charge in [-0.05, 0) is 25.5 Å². The number of morpholine rings is 1. The lowest BCUT2D eigenvalue weighted by atomic mass is 10.1. The van der Waals surface area contributed by atoms with Crippen LogP contribution in [0.1, 0.15) is 31.1 Å². The molecule has 0 aliphatic carbocycles. The molecule has 6 heteroatoms. The van der Waals surface area contributed by atoms with Crippen molar-refractivity contribution >= 4 is 11.6 Å². The molecule has 1 aromatic heterocycles. The SMILES string of the molecule is C[C@@H]1CN(Cc2nc(Cc3ccccc3Cl)no2)C[C@H](C)O1. The second-order valence-corrected chi connectivity index (χ2v) is 6.23. The van der Waals surface area contributed by atoms with Crippen molar-refractivity contribution in [3.05, 3.63) is 46.6 Å². The van der Waals surface area contributed by atoms with Gasteiger partial charge in [-0.25, -0.2) is 0 Å². The molecule has 118 valence electrons.